The zero-order valence-corrected chi connectivity index (χ0v) is 24.2. The molecule has 3 nitrogen and oxygen atoms in total. The number of anilines is 2. The quantitative estimate of drug-likeness (QED) is 0.311. The highest BCUT2D eigenvalue weighted by Crippen LogP contribution is 2.46. The Hall–Kier alpha value is -2.11. The van der Waals surface area contributed by atoms with Gasteiger partial charge in [0.2, 0.25) is 5.91 Å². The fourth-order valence-corrected chi connectivity index (χ4v) is 6.65. The Balaban J connectivity index is 1.61. The molecule has 3 aromatic carbocycles. The second-order valence-corrected chi connectivity index (χ2v) is 12.6. The van der Waals surface area contributed by atoms with Crippen LogP contribution in [0, 0.1) is 11.7 Å². The van der Waals surface area contributed by atoms with Crippen LogP contribution in [0.1, 0.15) is 51.2 Å². The monoisotopic (exact) mass is 572 g/mol. The molecule has 0 spiro atoms. The number of hydrogen-bond acceptors (Lipinski definition) is 2. The summed E-state index contributed by atoms with van der Waals surface area (Å²) in [5.41, 5.74) is 5.23. The minimum absolute atomic E-state index is 0.0562. The first kappa shape index (κ1) is 27.5. The minimum atomic E-state index is -0.381. The van der Waals surface area contributed by atoms with Crippen LogP contribution in [0.25, 0.3) is 11.1 Å². The van der Waals surface area contributed by atoms with Crippen molar-refractivity contribution in [1.29, 1.82) is 0 Å². The van der Waals surface area contributed by atoms with Gasteiger partial charge in [-0.15, -0.1) is 0 Å². The zero-order valence-electron chi connectivity index (χ0n) is 22.0. The molecule has 1 amide bonds. The summed E-state index contributed by atoms with van der Waals surface area (Å²) < 4.78 is 14.0. The maximum atomic E-state index is 14.0. The van der Waals surface area contributed by atoms with Crippen LogP contribution < -0.4 is 4.90 Å². The maximum absolute atomic E-state index is 14.0. The molecule has 0 aromatic heterocycles. The van der Waals surface area contributed by atoms with Crippen LogP contribution in [0.5, 0.6) is 0 Å². The van der Waals surface area contributed by atoms with Crippen molar-refractivity contribution in [1.82, 2.24) is 4.90 Å². The fourth-order valence-electron chi connectivity index (χ4n) is 5.81. The largest absolute Gasteiger partial charge is 0.298 e. The van der Waals surface area contributed by atoms with Gasteiger partial charge in [0, 0.05) is 17.5 Å². The molecule has 0 atom stereocenters. The normalized spacial score (nSPS) is 17.1. The Morgan fingerprint density at radius 2 is 1.58 bits per heavy atom. The molecular weight excluding hydrogens is 542 g/mol. The van der Waals surface area contributed by atoms with Crippen LogP contribution in [0.4, 0.5) is 15.8 Å². The summed E-state index contributed by atoms with van der Waals surface area (Å²) >= 11 is 19.8. The molecule has 2 aliphatic heterocycles. The standard InChI is InChI=1S/C31H32Cl3FN2O/c1-31(2,3)36-13-11-19(12-14-36)15-20-16-24(22-8-7-21(35)18-27(22)34)23-9-10-29(38)37(28(23)17-20)30-25(32)5-4-6-26(30)33/h4-8,16-19H,9-15H2,1-3H3. The predicted molar refractivity (Wildman–Crippen MR) is 157 cm³/mol. The van der Waals surface area contributed by atoms with Gasteiger partial charge in [-0.3, -0.25) is 14.6 Å². The molecule has 1 saturated heterocycles. The first-order valence-electron chi connectivity index (χ1n) is 13.2. The van der Waals surface area contributed by atoms with Crippen molar-refractivity contribution in [3.05, 3.63) is 80.5 Å². The van der Waals surface area contributed by atoms with Crippen molar-refractivity contribution in [2.75, 3.05) is 18.0 Å². The van der Waals surface area contributed by atoms with Gasteiger partial charge in [-0.25, -0.2) is 4.39 Å². The molecule has 200 valence electrons. The molecule has 0 N–H and O–H groups in total. The number of carbonyl (C=O) groups excluding carboxylic acids is 1. The van der Waals surface area contributed by atoms with Crippen LogP contribution in [0.2, 0.25) is 15.1 Å². The first-order chi connectivity index (χ1) is 18.0. The van der Waals surface area contributed by atoms with Crippen molar-refractivity contribution < 1.29 is 9.18 Å². The Kier molecular flexibility index (Phi) is 7.81. The molecule has 2 heterocycles. The van der Waals surface area contributed by atoms with E-state index < -0.39 is 0 Å². The molecule has 0 saturated carbocycles. The van der Waals surface area contributed by atoms with E-state index in [-0.39, 0.29) is 17.3 Å². The second-order valence-electron chi connectivity index (χ2n) is 11.4. The Bertz CT molecular complexity index is 1360. The first-order valence-corrected chi connectivity index (χ1v) is 14.3. The van der Waals surface area contributed by atoms with Crippen molar-refractivity contribution in [2.45, 2.75) is 58.4 Å². The van der Waals surface area contributed by atoms with Crippen molar-refractivity contribution in [3.63, 3.8) is 0 Å². The van der Waals surface area contributed by atoms with E-state index in [0.29, 0.717) is 39.5 Å². The van der Waals surface area contributed by atoms with Crippen LogP contribution in [0.15, 0.2) is 48.5 Å². The molecule has 0 unspecified atom stereocenters. The smallest absolute Gasteiger partial charge is 0.231 e. The van der Waals surface area contributed by atoms with Gasteiger partial charge in [-0.1, -0.05) is 46.9 Å². The van der Waals surface area contributed by atoms with Crippen molar-refractivity contribution in [3.8, 4) is 11.1 Å². The molecule has 5 rings (SSSR count). The van der Waals surface area contributed by atoms with E-state index in [1.165, 1.54) is 12.1 Å². The molecule has 0 aliphatic carbocycles. The molecule has 3 aromatic rings. The summed E-state index contributed by atoms with van der Waals surface area (Å²) in [5.74, 6) is 0.0909. The number of halogens is 4. The SMILES string of the molecule is CC(C)(C)N1CCC(Cc2cc(-c3ccc(F)cc3Cl)c3c(c2)N(c2c(Cl)cccc2Cl)C(=O)CC3)CC1. The minimum Gasteiger partial charge on any atom is -0.298 e. The highest BCUT2D eigenvalue weighted by molar-refractivity contribution is 6.40. The number of carbonyl (C=O) groups is 1. The van der Waals surface area contributed by atoms with E-state index in [9.17, 15) is 9.18 Å². The topological polar surface area (TPSA) is 23.6 Å². The van der Waals surface area contributed by atoms with E-state index in [1.807, 2.05) is 0 Å². The average Bonchev–Trinajstić information content (AvgIpc) is 2.84. The van der Waals surface area contributed by atoms with Crippen LogP contribution in [0.3, 0.4) is 0 Å². The number of amides is 1. The van der Waals surface area contributed by atoms with Crippen LogP contribution in [-0.4, -0.2) is 29.4 Å². The lowest BCUT2D eigenvalue weighted by atomic mass is 9.84. The summed E-state index contributed by atoms with van der Waals surface area (Å²) in [7, 11) is 0. The van der Waals surface area contributed by atoms with Gasteiger partial charge < -0.3 is 0 Å². The summed E-state index contributed by atoms with van der Waals surface area (Å²) in [6, 6.07) is 14.0. The number of likely N-dealkylation sites (tertiary alicyclic amines) is 1. The van der Waals surface area contributed by atoms with E-state index in [0.717, 1.165) is 60.3 Å². The average molecular weight is 574 g/mol. The number of para-hydroxylation sites is 1. The van der Waals surface area contributed by atoms with E-state index >= 15 is 0 Å². The molecule has 7 heteroatoms. The Labute approximate surface area is 239 Å². The number of fused-ring (bicyclic) bond motifs is 1. The number of nitrogens with zero attached hydrogens (tertiary/aromatic N) is 2. The summed E-state index contributed by atoms with van der Waals surface area (Å²) in [6.07, 6.45) is 3.97. The second kappa shape index (κ2) is 10.8. The molecule has 1 fully saturated rings. The number of rotatable bonds is 4. The van der Waals surface area contributed by atoms with Gasteiger partial charge in [-0.05, 0) is 119 Å². The third kappa shape index (κ3) is 5.47. The number of benzene rings is 3. The van der Waals surface area contributed by atoms with Gasteiger partial charge in [0.15, 0.2) is 0 Å². The highest BCUT2D eigenvalue weighted by atomic mass is 35.5. The molecule has 0 radical (unpaired) electrons. The van der Waals surface area contributed by atoms with E-state index in [1.54, 1.807) is 29.2 Å². The van der Waals surface area contributed by atoms with Gasteiger partial charge >= 0.3 is 0 Å². The highest BCUT2D eigenvalue weighted by Gasteiger charge is 2.32. The summed E-state index contributed by atoms with van der Waals surface area (Å²) in [4.78, 5) is 17.6. The van der Waals surface area contributed by atoms with Crippen LogP contribution >= 0.6 is 34.8 Å². The molecule has 0 bridgehead atoms. The van der Waals surface area contributed by atoms with Crippen molar-refractivity contribution in [2.24, 2.45) is 5.92 Å². The summed E-state index contributed by atoms with van der Waals surface area (Å²) in [6.45, 7) is 8.92. The number of hydrogen-bond donors (Lipinski definition) is 0. The van der Waals surface area contributed by atoms with Gasteiger partial charge in [0.1, 0.15) is 5.82 Å². The third-order valence-electron chi connectivity index (χ3n) is 7.84. The predicted octanol–water partition coefficient (Wildman–Crippen LogP) is 9.12. The summed E-state index contributed by atoms with van der Waals surface area (Å²) in [5, 5.41) is 1.18. The van der Waals surface area contributed by atoms with Crippen molar-refractivity contribution >= 4 is 52.1 Å². The lowest BCUT2D eigenvalue weighted by Gasteiger charge is -2.41. The number of piperidine rings is 1. The van der Waals surface area contributed by atoms with E-state index in [2.05, 4.69) is 37.8 Å². The lowest BCUT2D eigenvalue weighted by molar-refractivity contribution is -0.118. The Morgan fingerprint density at radius 3 is 2.21 bits per heavy atom. The maximum Gasteiger partial charge on any atom is 0.231 e. The fraction of sp³-hybridized carbons (Fsp3) is 0.387. The van der Waals surface area contributed by atoms with Crippen LogP contribution in [-0.2, 0) is 17.6 Å². The molecule has 38 heavy (non-hydrogen) atoms. The van der Waals surface area contributed by atoms with E-state index in [4.69, 9.17) is 34.8 Å². The molecule has 2 aliphatic rings. The van der Waals surface area contributed by atoms with Gasteiger partial charge in [0.05, 0.1) is 26.4 Å². The van der Waals surface area contributed by atoms with Gasteiger partial charge in [0.25, 0.3) is 0 Å². The zero-order chi connectivity index (χ0) is 27.2. The third-order valence-corrected chi connectivity index (χ3v) is 8.76. The van der Waals surface area contributed by atoms with Gasteiger partial charge in [-0.2, -0.15) is 0 Å². The Morgan fingerprint density at radius 1 is 0.895 bits per heavy atom. The molecular formula is C31H32Cl3FN2O. The lowest BCUT2D eigenvalue weighted by Crippen LogP contribution is -2.46.